The van der Waals surface area contributed by atoms with Gasteiger partial charge in [-0.2, -0.15) is 0 Å². The van der Waals surface area contributed by atoms with Gasteiger partial charge in [0.05, 0.1) is 11.3 Å². The minimum absolute atomic E-state index is 0.311. The number of ether oxygens (including phenoxy) is 1. The van der Waals surface area contributed by atoms with E-state index in [0.29, 0.717) is 23.9 Å². The zero-order valence-electron chi connectivity index (χ0n) is 15.5. The quantitative estimate of drug-likeness (QED) is 0.536. The number of amides is 1. The second-order valence-electron chi connectivity index (χ2n) is 6.28. The third-order valence-electron chi connectivity index (χ3n) is 4.20. The molecule has 0 aliphatic carbocycles. The molecule has 1 N–H and O–H groups in total. The van der Waals surface area contributed by atoms with Crippen molar-refractivity contribution in [3.05, 3.63) is 102 Å². The molecule has 0 atom stereocenters. The van der Waals surface area contributed by atoms with Crippen molar-refractivity contribution >= 4 is 11.7 Å². The van der Waals surface area contributed by atoms with E-state index in [1.165, 1.54) is 6.20 Å². The molecule has 6 heteroatoms. The van der Waals surface area contributed by atoms with Crippen LogP contribution in [0.1, 0.15) is 15.9 Å². The largest absolute Gasteiger partial charge is 0.473 e. The maximum atomic E-state index is 12.4. The predicted molar refractivity (Wildman–Crippen MR) is 110 cm³/mol. The fraction of sp³-hybridized carbons (Fsp3) is 0.0435. The third-order valence-corrected chi connectivity index (χ3v) is 4.20. The molecule has 2 heterocycles. The van der Waals surface area contributed by atoms with Gasteiger partial charge >= 0.3 is 0 Å². The molecule has 0 aliphatic rings. The van der Waals surface area contributed by atoms with Crippen LogP contribution in [0.2, 0.25) is 0 Å². The summed E-state index contributed by atoms with van der Waals surface area (Å²) < 4.78 is 5.64. The molecule has 4 rings (SSSR count). The summed E-state index contributed by atoms with van der Waals surface area (Å²) >= 11 is 0. The molecule has 0 bridgehead atoms. The van der Waals surface area contributed by atoms with Gasteiger partial charge < -0.3 is 10.1 Å². The number of hydrogen-bond donors (Lipinski definition) is 1. The van der Waals surface area contributed by atoms with E-state index in [9.17, 15) is 4.79 Å². The van der Waals surface area contributed by atoms with E-state index >= 15 is 0 Å². The lowest BCUT2D eigenvalue weighted by Crippen LogP contribution is -2.13. The minimum Gasteiger partial charge on any atom is -0.473 e. The van der Waals surface area contributed by atoms with Gasteiger partial charge in [-0.15, -0.1) is 10.2 Å². The van der Waals surface area contributed by atoms with Crippen LogP contribution >= 0.6 is 0 Å². The number of nitrogens with one attached hydrogen (secondary N) is 1. The Hall–Kier alpha value is -4.06. The molecular weight excluding hydrogens is 364 g/mol. The summed E-state index contributed by atoms with van der Waals surface area (Å²) in [6.45, 7) is 0.419. The highest BCUT2D eigenvalue weighted by Gasteiger charge is 2.09. The number of carbonyl (C=O) groups excluding carboxylic acids is 1. The molecule has 2 aromatic heterocycles. The molecule has 0 spiro atoms. The highest BCUT2D eigenvalue weighted by Crippen LogP contribution is 2.17. The van der Waals surface area contributed by atoms with E-state index in [2.05, 4.69) is 20.5 Å². The van der Waals surface area contributed by atoms with Crippen molar-refractivity contribution in [1.29, 1.82) is 0 Å². The van der Waals surface area contributed by atoms with Crippen LogP contribution in [0, 0.1) is 0 Å². The Morgan fingerprint density at radius 2 is 1.59 bits per heavy atom. The van der Waals surface area contributed by atoms with Crippen LogP contribution in [0.15, 0.2) is 91.1 Å². The Bertz CT molecular complexity index is 1070. The lowest BCUT2D eigenvalue weighted by Gasteiger charge is -2.07. The second kappa shape index (κ2) is 8.75. The zero-order valence-corrected chi connectivity index (χ0v) is 15.5. The zero-order chi connectivity index (χ0) is 19.9. The lowest BCUT2D eigenvalue weighted by molar-refractivity contribution is 0.102. The Balaban J connectivity index is 1.36. The van der Waals surface area contributed by atoms with Gasteiger partial charge in [0, 0.05) is 17.8 Å². The molecular formula is C23H18N4O2. The summed E-state index contributed by atoms with van der Waals surface area (Å²) in [5.74, 6) is 0.519. The van der Waals surface area contributed by atoms with Gasteiger partial charge in [-0.25, -0.2) is 4.98 Å². The van der Waals surface area contributed by atoms with Crippen molar-refractivity contribution < 1.29 is 9.53 Å². The third kappa shape index (κ3) is 4.81. The molecule has 142 valence electrons. The maximum absolute atomic E-state index is 12.4. The van der Waals surface area contributed by atoms with Crippen molar-refractivity contribution in [2.45, 2.75) is 6.61 Å². The van der Waals surface area contributed by atoms with Gasteiger partial charge in [-0.3, -0.25) is 4.79 Å². The molecule has 1 amide bonds. The van der Waals surface area contributed by atoms with Crippen LogP contribution in [0.5, 0.6) is 5.88 Å². The second-order valence-corrected chi connectivity index (χ2v) is 6.28. The van der Waals surface area contributed by atoms with Crippen LogP contribution in [-0.2, 0) is 6.61 Å². The van der Waals surface area contributed by atoms with Crippen molar-refractivity contribution in [2.75, 3.05) is 5.32 Å². The minimum atomic E-state index is -0.311. The van der Waals surface area contributed by atoms with Crippen LogP contribution in [0.25, 0.3) is 11.3 Å². The number of aromatic nitrogens is 3. The van der Waals surface area contributed by atoms with E-state index in [1.54, 1.807) is 18.2 Å². The highest BCUT2D eigenvalue weighted by atomic mass is 16.5. The first kappa shape index (κ1) is 18.3. The standard InChI is InChI=1S/C23H18N4O2/c28-23(25-21-13-12-20(26-27-21)18-9-5-2-6-10-18)19-11-14-22(24-15-19)29-16-17-7-3-1-4-8-17/h1-15H,16H2,(H,25,27,28). The monoisotopic (exact) mass is 382 g/mol. The fourth-order valence-corrected chi connectivity index (χ4v) is 2.68. The van der Waals surface area contributed by atoms with Crippen molar-refractivity contribution in [3.8, 4) is 17.1 Å². The van der Waals surface area contributed by atoms with Crippen LogP contribution < -0.4 is 10.1 Å². The number of nitrogens with zero attached hydrogens (tertiary/aromatic N) is 3. The molecule has 0 unspecified atom stereocenters. The summed E-state index contributed by atoms with van der Waals surface area (Å²) in [6.07, 6.45) is 1.47. The van der Waals surface area contributed by atoms with E-state index in [0.717, 1.165) is 16.8 Å². The first-order valence-corrected chi connectivity index (χ1v) is 9.11. The van der Waals surface area contributed by atoms with Crippen LogP contribution in [-0.4, -0.2) is 21.1 Å². The summed E-state index contributed by atoms with van der Waals surface area (Å²) in [4.78, 5) is 16.6. The Labute approximate surface area is 168 Å². The lowest BCUT2D eigenvalue weighted by atomic mass is 10.1. The first-order valence-electron chi connectivity index (χ1n) is 9.11. The van der Waals surface area contributed by atoms with Gasteiger partial charge in [0.2, 0.25) is 5.88 Å². The van der Waals surface area contributed by atoms with Crippen LogP contribution in [0.3, 0.4) is 0 Å². The molecule has 0 aliphatic heterocycles. The van der Waals surface area contributed by atoms with Crippen molar-refractivity contribution in [3.63, 3.8) is 0 Å². The molecule has 2 aromatic carbocycles. The van der Waals surface area contributed by atoms with Gasteiger partial charge in [0.1, 0.15) is 6.61 Å². The maximum Gasteiger partial charge on any atom is 0.258 e. The first-order chi connectivity index (χ1) is 14.3. The molecule has 0 saturated carbocycles. The van der Waals surface area contributed by atoms with Gasteiger partial charge in [-0.1, -0.05) is 60.7 Å². The van der Waals surface area contributed by atoms with Crippen LogP contribution in [0.4, 0.5) is 5.82 Å². The van der Waals surface area contributed by atoms with E-state index in [-0.39, 0.29) is 5.91 Å². The van der Waals surface area contributed by atoms with Gasteiger partial charge in [0.25, 0.3) is 5.91 Å². The van der Waals surface area contributed by atoms with E-state index < -0.39 is 0 Å². The summed E-state index contributed by atoms with van der Waals surface area (Å²) in [7, 11) is 0. The number of pyridine rings is 1. The van der Waals surface area contributed by atoms with Crippen molar-refractivity contribution in [1.82, 2.24) is 15.2 Å². The topological polar surface area (TPSA) is 77.0 Å². The molecule has 0 saturated heterocycles. The molecule has 0 fully saturated rings. The average molecular weight is 382 g/mol. The molecule has 4 aromatic rings. The number of anilines is 1. The van der Waals surface area contributed by atoms with Crippen molar-refractivity contribution in [2.24, 2.45) is 0 Å². The Morgan fingerprint density at radius 1 is 0.828 bits per heavy atom. The van der Waals surface area contributed by atoms with Gasteiger partial charge in [0.15, 0.2) is 5.82 Å². The Kier molecular flexibility index (Phi) is 5.53. The predicted octanol–water partition coefficient (Wildman–Crippen LogP) is 4.37. The summed E-state index contributed by atoms with van der Waals surface area (Å²) in [5.41, 5.74) is 3.16. The summed E-state index contributed by atoms with van der Waals surface area (Å²) in [5, 5.41) is 11.0. The number of carbonyl (C=O) groups is 1. The summed E-state index contributed by atoms with van der Waals surface area (Å²) in [6, 6.07) is 26.4. The fourth-order valence-electron chi connectivity index (χ4n) is 2.68. The normalized spacial score (nSPS) is 10.3. The number of hydrogen-bond acceptors (Lipinski definition) is 5. The number of rotatable bonds is 6. The molecule has 29 heavy (non-hydrogen) atoms. The SMILES string of the molecule is O=C(Nc1ccc(-c2ccccc2)nn1)c1ccc(OCc2ccccc2)nc1. The van der Waals surface area contributed by atoms with E-state index in [1.807, 2.05) is 66.7 Å². The number of benzene rings is 2. The Morgan fingerprint density at radius 3 is 2.24 bits per heavy atom. The highest BCUT2D eigenvalue weighted by molar-refractivity contribution is 6.03. The smallest absolute Gasteiger partial charge is 0.258 e. The molecule has 6 nitrogen and oxygen atoms in total. The molecule has 0 radical (unpaired) electrons. The van der Waals surface area contributed by atoms with E-state index in [4.69, 9.17) is 4.74 Å². The van der Waals surface area contributed by atoms with Gasteiger partial charge in [-0.05, 0) is 23.8 Å². The average Bonchev–Trinajstić information content (AvgIpc) is 2.80.